The maximum absolute atomic E-state index is 10.9. The molecule has 0 spiro atoms. The number of nitrogens with one attached hydrogen (secondary N) is 1. The molecule has 17 heavy (non-hydrogen) atoms. The number of carbonyl (C=O) groups is 1. The van der Waals surface area contributed by atoms with Crippen molar-refractivity contribution in [1.29, 1.82) is 0 Å². The largest absolute Gasteiger partial charge is 0.309 e. The lowest BCUT2D eigenvalue weighted by molar-refractivity contribution is -0.114. The standard InChI is InChI=1S/C12H12ClN3O/c1-8(17)14-12-7-11(16(2)15-12)9-3-5-10(13)6-4-9/h3-7H,1-2H3,(H,14,15,17). The third-order valence-corrected chi connectivity index (χ3v) is 2.58. The van der Waals surface area contributed by atoms with E-state index in [1.165, 1.54) is 6.92 Å². The number of hydrogen-bond acceptors (Lipinski definition) is 2. The quantitative estimate of drug-likeness (QED) is 0.890. The van der Waals surface area contributed by atoms with Crippen LogP contribution in [0.3, 0.4) is 0 Å². The van der Waals surface area contributed by atoms with Gasteiger partial charge in [0, 0.05) is 25.1 Å². The Labute approximate surface area is 104 Å². The Balaban J connectivity index is 2.35. The van der Waals surface area contributed by atoms with Crippen molar-refractivity contribution in [2.24, 2.45) is 7.05 Å². The van der Waals surface area contributed by atoms with E-state index in [-0.39, 0.29) is 5.91 Å². The van der Waals surface area contributed by atoms with E-state index in [9.17, 15) is 4.79 Å². The van der Waals surface area contributed by atoms with Gasteiger partial charge in [0.15, 0.2) is 5.82 Å². The molecule has 0 fully saturated rings. The van der Waals surface area contributed by atoms with Gasteiger partial charge in [0.2, 0.25) is 5.91 Å². The molecule has 0 saturated carbocycles. The van der Waals surface area contributed by atoms with Crippen molar-refractivity contribution in [3.05, 3.63) is 35.4 Å². The molecule has 0 saturated heterocycles. The Morgan fingerprint density at radius 1 is 1.35 bits per heavy atom. The summed E-state index contributed by atoms with van der Waals surface area (Å²) in [5.74, 6) is 0.413. The number of rotatable bonds is 2. The van der Waals surface area contributed by atoms with Crippen LogP contribution in [0.1, 0.15) is 6.92 Å². The van der Waals surface area contributed by atoms with E-state index in [0.717, 1.165) is 11.3 Å². The van der Waals surface area contributed by atoms with Gasteiger partial charge in [-0.15, -0.1) is 0 Å². The second-order valence-corrected chi connectivity index (χ2v) is 4.16. The lowest BCUT2D eigenvalue weighted by Gasteiger charge is -2.00. The number of nitrogens with zero attached hydrogens (tertiary/aromatic N) is 2. The van der Waals surface area contributed by atoms with Crippen molar-refractivity contribution in [1.82, 2.24) is 9.78 Å². The monoisotopic (exact) mass is 249 g/mol. The number of halogens is 1. The van der Waals surface area contributed by atoms with Crippen LogP contribution in [0, 0.1) is 0 Å². The average molecular weight is 250 g/mol. The third kappa shape index (κ3) is 2.65. The Bertz CT molecular complexity index is 545. The molecule has 5 heteroatoms. The zero-order chi connectivity index (χ0) is 12.4. The molecule has 2 rings (SSSR count). The predicted octanol–water partition coefficient (Wildman–Crippen LogP) is 2.70. The van der Waals surface area contributed by atoms with Gasteiger partial charge < -0.3 is 5.32 Å². The highest BCUT2D eigenvalue weighted by atomic mass is 35.5. The Kier molecular flexibility index (Phi) is 3.15. The van der Waals surface area contributed by atoms with Crippen molar-refractivity contribution in [3.63, 3.8) is 0 Å². The van der Waals surface area contributed by atoms with Crippen LogP contribution in [0.15, 0.2) is 30.3 Å². The normalized spacial score (nSPS) is 10.3. The van der Waals surface area contributed by atoms with Gasteiger partial charge in [-0.3, -0.25) is 9.48 Å². The van der Waals surface area contributed by atoms with E-state index in [2.05, 4.69) is 10.4 Å². The van der Waals surface area contributed by atoms with Gasteiger partial charge in [-0.1, -0.05) is 23.7 Å². The summed E-state index contributed by atoms with van der Waals surface area (Å²) in [6.07, 6.45) is 0. The molecule has 1 aromatic carbocycles. The maximum Gasteiger partial charge on any atom is 0.222 e. The second-order valence-electron chi connectivity index (χ2n) is 3.73. The molecule has 0 aliphatic carbocycles. The van der Waals surface area contributed by atoms with Crippen LogP contribution < -0.4 is 5.32 Å². The number of hydrogen-bond donors (Lipinski definition) is 1. The van der Waals surface area contributed by atoms with Crippen LogP contribution in [0.25, 0.3) is 11.3 Å². The Morgan fingerprint density at radius 3 is 2.59 bits per heavy atom. The summed E-state index contributed by atoms with van der Waals surface area (Å²) in [5.41, 5.74) is 1.92. The molecule has 1 amide bonds. The minimum Gasteiger partial charge on any atom is -0.309 e. The van der Waals surface area contributed by atoms with E-state index in [1.807, 2.05) is 37.4 Å². The molecule has 1 N–H and O–H groups in total. The van der Waals surface area contributed by atoms with Crippen LogP contribution in [-0.2, 0) is 11.8 Å². The fraction of sp³-hybridized carbons (Fsp3) is 0.167. The molecule has 0 atom stereocenters. The molecule has 88 valence electrons. The zero-order valence-electron chi connectivity index (χ0n) is 9.57. The van der Waals surface area contributed by atoms with Gasteiger partial charge in [-0.2, -0.15) is 5.10 Å². The van der Waals surface area contributed by atoms with E-state index in [4.69, 9.17) is 11.6 Å². The molecule has 0 aliphatic rings. The summed E-state index contributed by atoms with van der Waals surface area (Å²) in [6.45, 7) is 1.46. The van der Waals surface area contributed by atoms with Crippen molar-refractivity contribution in [3.8, 4) is 11.3 Å². The lowest BCUT2D eigenvalue weighted by Crippen LogP contribution is -2.06. The number of carbonyl (C=O) groups excluding carboxylic acids is 1. The summed E-state index contributed by atoms with van der Waals surface area (Å²) in [7, 11) is 1.83. The van der Waals surface area contributed by atoms with Crippen molar-refractivity contribution >= 4 is 23.3 Å². The highest BCUT2D eigenvalue weighted by Gasteiger charge is 2.07. The Morgan fingerprint density at radius 2 is 2.00 bits per heavy atom. The fourth-order valence-electron chi connectivity index (χ4n) is 1.60. The molecule has 0 bridgehead atoms. The highest BCUT2D eigenvalue weighted by Crippen LogP contribution is 2.23. The predicted molar refractivity (Wildman–Crippen MR) is 68.0 cm³/mol. The molecular formula is C12H12ClN3O. The van der Waals surface area contributed by atoms with Crippen LogP contribution in [-0.4, -0.2) is 15.7 Å². The highest BCUT2D eigenvalue weighted by molar-refractivity contribution is 6.30. The number of aromatic nitrogens is 2. The van der Waals surface area contributed by atoms with E-state index < -0.39 is 0 Å². The first-order chi connectivity index (χ1) is 8.06. The van der Waals surface area contributed by atoms with E-state index in [0.29, 0.717) is 10.8 Å². The van der Waals surface area contributed by atoms with Gasteiger partial charge in [-0.05, 0) is 17.7 Å². The average Bonchev–Trinajstić information content (AvgIpc) is 2.59. The summed E-state index contributed by atoms with van der Waals surface area (Å²) in [4.78, 5) is 10.9. The minimum atomic E-state index is -0.134. The summed E-state index contributed by atoms with van der Waals surface area (Å²) in [5, 5.41) is 7.54. The van der Waals surface area contributed by atoms with Gasteiger partial charge >= 0.3 is 0 Å². The number of anilines is 1. The molecule has 1 heterocycles. The fourth-order valence-corrected chi connectivity index (χ4v) is 1.73. The molecule has 0 unspecified atom stereocenters. The topological polar surface area (TPSA) is 46.9 Å². The minimum absolute atomic E-state index is 0.134. The SMILES string of the molecule is CC(=O)Nc1cc(-c2ccc(Cl)cc2)n(C)n1. The Hall–Kier alpha value is -1.81. The van der Waals surface area contributed by atoms with Crippen LogP contribution in [0.4, 0.5) is 5.82 Å². The van der Waals surface area contributed by atoms with Crippen LogP contribution >= 0.6 is 11.6 Å². The van der Waals surface area contributed by atoms with Crippen LogP contribution in [0.5, 0.6) is 0 Å². The first kappa shape index (κ1) is 11.7. The molecule has 0 radical (unpaired) electrons. The first-order valence-electron chi connectivity index (χ1n) is 5.14. The van der Waals surface area contributed by atoms with Gasteiger partial charge in [0.1, 0.15) is 0 Å². The van der Waals surface area contributed by atoms with E-state index >= 15 is 0 Å². The molecule has 2 aromatic rings. The maximum atomic E-state index is 10.9. The molecule has 1 aromatic heterocycles. The molecule has 4 nitrogen and oxygen atoms in total. The number of amides is 1. The smallest absolute Gasteiger partial charge is 0.222 e. The lowest BCUT2D eigenvalue weighted by atomic mass is 10.1. The van der Waals surface area contributed by atoms with Gasteiger partial charge in [0.05, 0.1) is 5.69 Å². The zero-order valence-corrected chi connectivity index (χ0v) is 10.3. The second kappa shape index (κ2) is 4.59. The number of aryl methyl sites for hydroxylation is 1. The van der Waals surface area contributed by atoms with E-state index in [1.54, 1.807) is 4.68 Å². The van der Waals surface area contributed by atoms with Crippen LogP contribution in [0.2, 0.25) is 5.02 Å². The van der Waals surface area contributed by atoms with Gasteiger partial charge in [0.25, 0.3) is 0 Å². The molecular weight excluding hydrogens is 238 g/mol. The van der Waals surface area contributed by atoms with Crippen molar-refractivity contribution < 1.29 is 4.79 Å². The summed E-state index contributed by atoms with van der Waals surface area (Å²) < 4.78 is 1.72. The van der Waals surface area contributed by atoms with Crippen molar-refractivity contribution in [2.45, 2.75) is 6.92 Å². The third-order valence-electron chi connectivity index (χ3n) is 2.32. The van der Waals surface area contributed by atoms with Gasteiger partial charge in [-0.25, -0.2) is 0 Å². The summed E-state index contributed by atoms with van der Waals surface area (Å²) >= 11 is 5.83. The molecule has 0 aliphatic heterocycles. The summed E-state index contributed by atoms with van der Waals surface area (Å²) in [6, 6.07) is 9.29. The van der Waals surface area contributed by atoms with Crippen molar-refractivity contribution in [2.75, 3.05) is 5.32 Å². The first-order valence-corrected chi connectivity index (χ1v) is 5.51. The number of benzene rings is 1.